The van der Waals surface area contributed by atoms with Gasteiger partial charge in [-0.25, -0.2) is 8.78 Å². The molecule has 1 spiro atoms. The van der Waals surface area contributed by atoms with E-state index in [1.807, 2.05) is 13.8 Å². The molecule has 182 valence electrons. The van der Waals surface area contributed by atoms with Crippen LogP contribution >= 0.6 is 0 Å². The standard InChI is InChI=1S/C34H32F2/c1-4-24(35)17-22-11-14-28-29-15-12-23(18-25(36)5-2)20-33(29)34(32(28)19-22)30-9-7-6-8-26(30)27-13-10-21(3)16-31(27)34/h6-16,19-20,24-25H,4-5,17-18H2,1-3H3. The van der Waals surface area contributed by atoms with Crippen molar-refractivity contribution in [1.82, 2.24) is 0 Å². The number of hydrogen-bond donors (Lipinski definition) is 0. The highest BCUT2D eigenvalue weighted by Crippen LogP contribution is 2.63. The van der Waals surface area contributed by atoms with Crippen molar-refractivity contribution in [1.29, 1.82) is 0 Å². The van der Waals surface area contributed by atoms with Crippen molar-refractivity contribution in [2.45, 2.75) is 64.2 Å². The van der Waals surface area contributed by atoms with E-state index in [9.17, 15) is 8.78 Å². The summed E-state index contributed by atoms with van der Waals surface area (Å²) in [5, 5.41) is 0. The van der Waals surface area contributed by atoms with Crippen LogP contribution in [0.3, 0.4) is 0 Å². The molecule has 0 heterocycles. The van der Waals surface area contributed by atoms with E-state index in [1.165, 1.54) is 50.1 Å². The highest BCUT2D eigenvalue weighted by atomic mass is 19.1. The van der Waals surface area contributed by atoms with Crippen LogP contribution in [0.4, 0.5) is 8.78 Å². The molecule has 4 aromatic carbocycles. The molecule has 6 rings (SSSR count). The summed E-state index contributed by atoms with van der Waals surface area (Å²) in [6, 6.07) is 28.5. The molecule has 36 heavy (non-hydrogen) atoms. The minimum absolute atomic E-state index is 0.420. The summed E-state index contributed by atoms with van der Waals surface area (Å²) in [5.41, 5.74) is 12.7. The van der Waals surface area contributed by atoms with Crippen molar-refractivity contribution < 1.29 is 8.78 Å². The van der Waals surface area contributed by atoms with Crippen molar-refractivity contribution in [3.8, 4) is 22.3 Å². The minimum Gasteiger partial charge on any atom is -0.247 e. The summed E-state index contributed by atoms with van der Waals surface area (Å²) < 4.78 is 29.0. The first-order valence-corrected chi connectivity index (χ1v) is 13.2. The number of hydrogen-bond acceptors (Lipinski definition) is 0. The number of rotatable bonds is 6. The van der Waals surface area contributed by atoms with Crippen LogP contribution in [-0.2, 0) is 18.3 Å². The normalized spacial score (nSPS) is 18.5. The van der Waals surface area contributed by atoms with Gasteiger partial charge in [0.2, 0.25) is 0 Å². The van der Waals surface area contributed by atoms with Crippen molar-refractivity contribution in [3.05, 3.63) is 118 Å². The lowest BCUT2D eigenvalue weighted by Crippen LogP contribution is -2.26. The third kappa shape index (κ3) is 3.30. The van der Waals surface area contributed by atoms with E-state index >= 15 is 0 Å². The van der Waals surface area contributed by atoms with Gasteiger partial charge in [-0.1, -0.05) is 98.3 Å². The molecule has 0 aliphatic heterocycles. The van der Waals surface area contributed by atoms with Crippen LogP contribution < -0.4 is 0 Å². The Kier molecular flexibility index (Phi) is 5.59. The second kappa shape index (κ2) is 8.69. The zero-order valence-corrected chi connectivity index (χ0v) is 21.2. The fourth-order valence-corrected chi connectivity index (χ4v) is 6.45. The first kappa shape index (κ1) is 23.2. The lowest BCUT2D eigenvalue weighted by Gasteiger charge is -2.31. The third-order valence-electron chi connectivity index (χ3n) is 8.27. The summed E-state index contributed by atoms with van der Waals surface area (Å²) in [4.78, 5) is 0. The average molecular weight is 479 g/mol. The maximum Gasteiger partial charge on any atom is 0.104 e. The van der Waals surface area contributed by atoms with Crippen molar-refractivity contribution >= 4 is 0 Å². The van der Waals surface area contributed by atoms with E-state index in [0.29, 0.717) is 25.7 Å². The number of halogens is 2. The van der Waals surface area contributed by atoms with Gasteiger partial charge >= 0.3 is 0 Å². The van der Waals surface area contributed by atoms with Crippen LogP contribution in [0.15, 0.2) is 78.9 Å². The predicted molar refractivity (Wildman–Crippen MR) is 145 cm³/mol. The molecule has 0 N–H and O–H groups in total. The molecule has 2 heteroatoms. The van der Waals surface area contributed by atoms with Crippen molar-refractivity contribution in [2.75, 3.05) is 0 Å². The Bertz CT molecular complexity index is 1400. The maximum atomic E-state index is 14.5. The van der Waals surface area contributed by atoms with Gasteiger partial charge in [-0.05, 0) is 75.4 Å². The second-order valence-electron chi connectivity index (χ2n) is 10.5. The maximum absolute atomic E-state index is 14.5. The first-order valence-electron chi connectivity index (χ1n) is 13.2. The molecule has 0 nitrogen and oxygen atoms in total. The van der Waals surface area contributed by atoms with Gasteiger partial charge in [0, 0.05) is 12.8 Å². The SMILES string of the molecule is CCC(F)Cc1ccc2c(c1)C1(c3ccccc3-c3ccc(C)cc31)c1cc(CC(F)CC)ccc1-2. The highest BCUT2D eigenvalue weighted by molar-refractivity contribution is 5.95. The molecule has 4 aromatic rings. The minimum atomic E-state index is -0.852. The largest absolute Gasteiger partial charge is 0.247 e. The zero-order chi connectivity index (χ0) is 25.0. The Balaban J connectivity index is 1.68. The molecular weight excluding hydrogens is 446 g/mol. The second-order valence-corrected chi connectivity index (χ2v) is 10.5. The molecule has 0 fully saturated rings. The molecule has 0 radical (unpaired) electrons. The number of aryl methyl sites for hydroxylation is 1. The smallest absolute Gasteiger partial charge is 0.104 e. The summed E-state index contributed by atoms with van der Waals surface area (Å²) in [5.74, 6) is 0. The van der Waals surface area contributed by atoms with Crippen LogP contribution in [0.5, 0.6) is 0 Å². The van der Waals surface area contributed by atoms with Gasteiger partial charge in [-0.3, -0.25) is 0 Å². The van der Waals surface area contributed by atoms with E-state index in [-0.39, 0.29) is 0 Å². The van der Waals surface area contributed by atoms with Gasteiger partial charge in [0.05, 0.1) is 5.41 Å². The summed E-state index contributed by atoms with van der Waals surface area (Å²) in [6.07, 6.45) is 0.163. The topological polar surface area (TPSA) is 0 Å². The first-order chi connectivity index (χ1) is 17.5. The van der Waals surface area contributed by atoms with Gasteiger partial charge < -0.3 is 0 Å². The molecule has 2 unspecified atom stereocenters. The quantitative estimate of drug-likeness (QED) is 0.224. The lowest BCUT2D eigenvalue weighted by molar-refractivity contribution is 0.322. The zero-order valence-electron chi connectivity index (χ0n) is 21.2. The molecule has 0 bridgehead atoms. The Morgan fingerprint density at radius 2 is 1.06 bits per heavy atom. The lowest BCUT2D eigenvalue weighted by atomic mass is 9.69. The molecule has 2 atom stereocenters. The Hall–Kier alpha value is -3.26. The van der Waals surface area contributed by atoms with Crippen LogP contribution in [0.1, 0.15) is 65.6 Å². The third-order valence-corrected chi connectivity index (χ3v) is 8.27. The number of alkyl halides is 2. The molecule has 0 aromatic heterocycles. The Morgan fingerprint density at radius 3 is 1.61 bits per heavy atom. The average Bonchev–Trinajstić information content (AvgIpc) is 3.34. The summed E-state index contributed by atoms with van der Waals surface area (Å²) in [7, 11) is 0. The monoisotopic (exact) mass is 478 g/mol. The van der Waals surface area contributed by atoms with Crippen LogP contribution in [-0.4, -0.2) is 12.3 Å². The summed E-state index contributed by atoms with van der Waals surface area (Å²) in [6.45, 7) is 5.94. The molecule has 0 saturated heterocycles. The Morgan fingerprint density at radius 1 is 0.583 bits per heavy atom. The van der Waals surface area contributed by atoms with E-state index in [2.05, 4.69) is 85.8 Å². The fourth-order valence-electron chi connectivity index (χ4n) is 6.45. The summed E-state index contributed by atoms with van der Waals surface area (Å²) >= 11 is 0. The van der Waals surface area contributed by atoms with Gasteiger partial charge in [-0.2, -0.15) is 0 Å². The van der Waals surface area contributed by atoms with Gasteiger partial charge in [0.25, 0.3) is 0 Å². The van der Waals surface area contributed by atoms with Crippen LogP contribution in [0.25, 0.3) is 22.3 Å². The van der Waals surface area contributed by atoms with Gasteiger partial charge in [-0.15, -0.1) is 0 Å². The fraction of sp³-hybridized carbons (Fsp3) is 0.294. The Labute approximate surface area is 213 Å². The van der Waals surface area contributed by atoms with E-state index in [4.69, 9.17) is 0 Å². The van der Waals surface area contributed by atoms with Crippen molar-refractivity contribution in [3.63, 3.8) is 0 Å². The van der Waals surface area contributed by atoms with Crippen molar-refractivity contribution in [2.24, 2.45) is 0 Å². The molecule has 2 aliphatic rings. The number of benzene rings is 4. The highest BCUT2D eigenvalue weighted by Gasteiger charge is 2.51. The van der Waals surface area contributed by atoms with Gasteiger partial charge in [0.15, 0.2) is 0 Å². The van der Waals surface area contributed by atoms with E-state index in [0.717, 1.165) is 11.1 Å². The van der Waals surface area contributed by atoms with Crippen LogP contribution in [0.2, 0.25) is 0 Å². The van der Waals surface area contributed by atoms with E-state index in [1.54, 1.807) is 0 Å². The predicted octanol–water partition coefficient (Wildman–Crippen LogP) is 8.92. The van der Waals surface area contributed by atoms with Gasteiger partial charge in [0.1, 0.15) is 12.3 Å². The van der Waals surface area contributed by atoms with E-state index < -0.39 is 17.8 Å². The molecular formula is C34H32F2. The molecule has 0 amide bonds. The van der Waals surface area contributed by atoms with Crippen LogP contribution in [0, 0.1) is 6.92 Å². The molecule has 0 saturated carbocycles. The number of fused-ring (bicyclic) bond motifs is 10. The molecule has 2 aliphatic carbocycles.